The molecule has 8 nitrogen and oxygen atoms in total. The number of nitrogens with zero attached hydrogens (tertiary/aromatic N) is 1. The number of hydrogen-bond acceptors (Lipinski definition) is 4. The highest BCUT2D eigenvalue weighted by molar-refractivity contribution is 5.88. The van der Waals surface area contributed by atoms with E-state index in [-0.39, 0.29) is 12.0 Å². The number of amides is 2. The Bertz CT molecular complexity index is 638. The summed E-state index contributed by atoms with van der Waals surface area (Å²) in [4.78, 5) is 44.9. The highest BCUT2D eigenvalue weighted by Crippen LogP contribution is 2.01. The molecule has 1 rings (SSSR count). The van der Waals surface area contributed by atoms with E-state index in [0.29, 0.717) is 19.4 Å². The summed E-state index contributed by atoms with van der Waals surface area (Å²) in [5, 5.41) is 11.1. The molecule has 1 heterocycles. The minimum Gasteiger partial charge on any atom is -0.480 e. The number of carboxylic acids is 1. The summed E-state index contributed by atoms with van der Waals surface area (Å²) in [7, 11) is 0. The maximum atomic E-state index is 11.7. The summed E-state index contributed by atoms with van der Waals surface area (Å²) < 4.78 is 1.57. The van der Waals surface area contributed by atoms with E-state index in [1.807, 2.05) is 6.92 Å². The van der Waals surface area contributed by atoms with Crippen LogP contribution in [0.4, 0.5) is 0 Å². The van der Waals surface area contributed by atoms with Crippen LogP contribution < -0.4 is 16.6 Å². The van der Waals surface area contributed by atoms with Crippen LogP contribution in [0.1, 0.15) is 31.2 Å². The van der Waals surface area contributed by atoms with Crippen LogP contribution >= 0.6 is 0 Å². The van der Waals surface area contributed by atoms with Gasteiger partial charge in [0.05, 0.1) is 6.42 Å². The zero-order valence-electron chi connectivity index (χ0n) is 12.9. The molecule has 0 bridgehead atoms. The lowest BCUT2D eigenvalue weighted by molar-refractivity contribution is -0.143. The summed E-state index contributed by atoms with van der Waals surface area (Å²) in [6, 6.07) is 1.92. The first kappa shape index (κ1) is 18.4. The third-order valence-corrected chi connectivity index (χ3v) is 3.22. The number of unbranched alkanes of at least 4 members (excludes halogenated alkanes) is 1. The monoisotopic (exact) mass is 323 g/mol. The molecule has 8 heteroatoms. The van der Waals surface area contributed by atoms with Gasteiger partial charge in [-0.3, -0.25) is 14.4 Å². The topological polar surface area (TPSA) is 131 Å². The Hall–Kier alpha value is -2.64. The molecule has 0 saturated carbocycles. The number of carbonyl (C=O) groups excluding carboxylic acids is 2. The number of aryl methyl sites for hydroxylation is 2. The quantitative estimate of drug-likeness (QED) is 0.540. The van der Waals surface area contributed by atoms with Gasteiger partial charge in [-0.15, -0.1) is 0 Å². The molecule has 1 unspecified atom stereocenters. The van der Waals surface area contributed by atoms with E-state index >= 15 is 0 Å². The van der Waals surface area contributed by atoms with Crippen molar-refractivity contribution in [1.29, 1.82) is 0 Å². The number of rotatable bonds is 9. The van der Waals surface area contributed by atoms with Crippen LogP contribution in [0.15, 0.2) is 23.1 Å². The molecular formula is C15H21N3O5. The smallest absolute Gasteiger partial charge is 0.326 e. The normalized spacial score (nSPS) is 11.7. The standard InChI is InChI=1S/C15H21N3O5/c1-10-5-6-14(21)18(9-10)7-3-2-4-13(20)17-11(15(22)23)8-12(16)19/h5-6,9,11H,2-4,7-8H2,1H3,(H2,16,19)(H,17,20)(H,22,23). The third kappa shape index (κ3) is 6.77. The fraction of sp³-hybridized carbons (Fsp3) is 0.467. The molecule has 0 spiro atoms. The average molecular weight is 323 g/mol. The summed E-state index contributed by atoms with van der Waals surface area (Å²) >= 11 is 0. The molecule has 2 amide bonds. The number of aromatic nitrogens is 1. The van der Waals surface area contributed by atoms with Gasteiger partial charge in [-0.2, -0.15) is 0 Å². The van der Waals surface area contributed by atoms with Gasteiger partial charge in [-0.25, -0.2) is 4.79 Å². The number of pyridine rings is 1. The summed E-state index contributed by atoms with van der Waals surface area (Å²) in [6.45, 7) is 2.37. The van der Waals surface area contributed by atoms with E-state index in [0.717, 1.165) is 5.56 Å². The molecule has 0 aromatic carbocycles. The maximum absolute atomic E-state index is 11.7. The van der Waals surface area contributed by atoms with Crippen LogP contribution in [-0.4, -0.2) is 33.5 Å². The minimum atomic E-state index is -1.31. The molecule has 0 radical (unpaired) electrons. The van der Waals surface area contributed by atoms with E-state index < -0.39 is 30.2 Å². The SMILES string of the molecule is Cc1ccc(=O)n(CCCCC(=O)NC(CC(N)=O)C(=O)O)c1. The van der Waals surface area contributed by atoms with Crippen molar-refractivity contribution >= 4 is 17.8 Å². The number of hydrogen-bond donors (Lipinski definition) is 3. The molecule has 0 saturated heterocycles. The molecule has 0 aliphatic heterocycles. The predicted octanol–water partition coefficient (Wildman–Crippen LogP) is -0.228. The van der Waals surface area contributed by atoms with Crippen LogP contribution in [-0.2, 0) is 20.9 Å². The van der Waals surface area contributed by atoms with Crippen molar-refractivity contribution in [1.82, 2.24) is 9.88 Å². The second kappa shape index (κ2) is 8.72. The largest absolute Gasteiger partial charge is 0.480 e. The Morgan fingerprint density at radius 3 is 2.61 bits per heavy atom. The fourth-order valence-corrected chi connectivity index (χ4v) is 2.06. The zero-order chi connectivity index (χ0) is 17.4. The number of primary amides is 1. The van der Waals surface area contributed by atoms with Crippen molar-refractivity contribution in [2.75, 3.05) is 0 Å². The summed E-state index contributed by atoms with van der Waals surface area (Å²) in [5.41, 5.74) is 5.80. The molecule has 0 aliphatic carbocycles. The molecule has 0 aliphatic rings. The van der Waals surface area contributed by atoms with Crippen molar-refractivity contribution in [2.24, 2.45) is 5.73 Å². The van der Waals surface area contributed by atoms with E-state index in [2.05, 4.69) is 5.32 Å². The minimum absolute atomic E-state index is 0.104. The van der Waals surface area contributed by atoms with Gasteiger partial charge in [0.2, 0.25) is 11.8 Å². The van der Waals surface area contributed by atoms with Crippen LogP contribution in [0.25, 0.3) is 0 Å². The lowest BCUT2D eigenvalue weighted by atomic mass is 10.1. The molecule has 1 atom stereocenters. The van der Waals surface area contributed by atoms with Crippen LogP contribution in [0.3, 0.4) is 0 Å². The van der Waals surface area contributed by atoms with Gasteiger partial charge in [-0.05, 0) is 25.3 Å². The lowest BCUT2D eigenvalue weighted by Crippen LogP contribution is -2.43. The molecule has 4 N–H and O–H groups in total. The molecule has 1 aromatic rings. The first-order valence-corrected chi connectivity index (χ1v) is 7.27. The van der Waals surface area contributed by atoms with Gasteiger partial charge in [0.15, 0.2) is 0 Å². The van der Waals surface area contributed by atoms with Gasteiger partial charge in [0, 0.05) is 25.2 Å². The van der Waals surface area contributed by atoms with Crippen molar-refractivity contribution < 1.29 is 19.5 Å². The van der Waals surface area contributed by atoms with Crippen molar-refractivity contribution in [2.45, 2.75) is 45.2 Å². The lowest BCUT2D eigenvalue weighted by Gasteiger charge is -2.12. The van der Waals surface area contributed by atoms with E-state index in [9.17, 15) is 19.2 Å². The number of carboxylic acid groups (broad SMARTS) is 1. The summed E-state index contributed by atoms with van der Waals surface area (Å²) in [6.07, 6.45) is 2.51. The van der Waals surface area contributed by atoms with Crippen molar-refractivity contribution in [3.63, 3.8) is 0 Å². The third-order valence-electron chi connectivity index (χ3n) is 3.22. The molecule has 0 fully saturated rings. The predicted molar refractivity (Wildman–Crippen MR) is 82.7 cm³/mol. The van der Waals surface area contributed by atoms with E-state index in [1.165, 1.54) is 6.07 Å². The number of nitrogens with two attached hydrogens (primary N) is 1. The van der Waals surface area contributed by atoms with E-state index in [4.69, 9.17) is 10.8 Å². The second-order valence-electron chi connectivity index (χ2n) is 5.32. The first-order chi connectivity index (χ1) is 10.8. The molecule has 1 aromatic heterocycles. The van der Waals surface area contributed by atoms with Gasteiger partial charge < -0.3 is 20.7 Å². The van der Waals surface area contributed by atoms with Crippen molar-refractivity contribution in [3.05, 3.63) is 34.2 Å². The molecule has 23 heavy (non-hydrogen) atoms. The van der Waals surface area contributed by atoms with Gasteiger partial charge in [0.1, 0.15) is 6.04 Å². The van der Waals surface area contributed by atoms with Crippen molar-refractivity contribution in [3.8, 4) is 0 Å². The Kier molecular flexibility index (Phi) is 6.98. The van der Waals surface area contributed by atoms with E-state index in [1.54, 1.807) is 16.8 Å². The highest BCUT2D eigenvalue weighted by Gasteiger charge is 2.21. The Balaban J connectivity index is 2.38. The van der Waals surface area contributed by atoms with Crippen LogP contribution in [0, 0.1) is 6.92 Å². The summed E-state index contributed by atoms with van der Waals surface area (Å²) in [5.74, 6) is -2.56. The highest BCUT2D eigenvalue weighted by atomic mass is 16.4. The maximum Gasteiger partial charge on any atom is 0.326 e. The van der Waals surface area contributed by atoms with Gasteiger partial charge in [-0.1, -0.05) is 6.07 Å². The number of aliphatic carboxylic acids is 1. The Labute approximate surface area is 133 Å². The zero-order valence-corrected chi connectivity index (χ0v) is 12.9. The van der Waals surface area contributed by atoms with Crippen LogP contribution in [0.2, 0.25) is 0 Å². The first-order valence-electron chi connectivity index (χ1n) is 7.27. The molecule has 126 valence electrons. The average Bonchev–Trinajstić information content (AvgIpc) is 2.45. The van der Waals surface area contributed by atoms with Crippen LogP contribution in [0.5, 0.6) is 0 Å². The number of nitrogens with one attached hydrogen (secondary N) is 1. The Morgan fingerprint density at radius 1 is 1.30 bits per heavy atom. The Morgan fingerprint density at radius 2 is 2.00 bits per heavy atom. The van der Waals surface area contributed by atoms with Gasteiger partial charge in [0.25, 0.3) is 5.56 Å². The fourth-order valence-electron chi connectivity index (χ4n) is 2.06. The molecular weight excluding hydrogens is 302 g/mol. The second-order valence-corrected chi connectivity index (χ2v) is 5.32. The number of carbonyl (C=O) groups is 3. The van der Waals surface area contributed by atoms with Gasteiger partial charge >= 0.3 is 5.97 Å².